The van der Waals surface area contributed by atoms with Crippen LogP contribution in [0.15, 0.2) is 48.5 Å². The summed E-state index contributed by atoms with van der Waals surface area (Å²) in [5.74, 6) is -0.274. The number of hydrogen-bond acceptors (Lipinski definition) is 7. The Morgan fingerprint density at radius 2 is 1.87 bits per heavy atom. The summed E-state index contributed by atoms with van der Waals surface area (Å²) in [7, 11) is 1.47. The van der Waals surface area contributed by atoms with Gasteiger partial charge in [0, 0.05) is 24.4 Å². The fraction of sp³-hybridized carbons (Fsp3) is 0.517. The third kappa shape index (κ3) is 7.17. The molecule has 1 aliphatic heterocycles. The van der Waals surface area contributed by atoms with Gasteiger partial charge in [0.25, 0.3) is 0 Å². The maximum absolute atomic E-state index is 13.8. The summed E-state index contributed by atoms with van der Waals surface area (Å²) in [6, 6.07) is 13.7. The number of hydrogen-bond donors (Lipinski definition) is 3. The Balaban J connectivity index is 1.82. The summed E-state index contributed by atoms with van der Waals surface area (Å²) in [6.45, 7) is 9.63. The predicted octanol–water partition coefficient (Wildman–Crippen LogP) is 3.82. The first-order valence-electron chi connectivity index (χ1n) is 12.8. The van der Waals surface area contributed by atoms with Crippen LogP contribution in [-0.2, 0) is 20.9 Å². The van der Waals surface area contributed by atoms with Crippen molar-refractivity contribution in [1.29, 1.82) is 0 Å². The van der Waals surface area contributed by atoms with Crippen molar-refractivity contribution < 1.29 is 34.0 Å². The molecule has 1 saturated heterocycles. The lowest BCUT2D eigenvalue weighted by molar-refractivity contribution is -0.134. The number of aromatic hydroxyl groups is 1. The van der Waals surface area contributed by atoms with Gasteiger partial charge in [-0.3, -0.25) is 4.79 Å². The van der Waals surface area contributed by atoms with Crippen LogP contribution in [0.3, 0.4) is 0 Å². The molecule has 3 rings (SSSR count). The molecule has 0 saturated carbocycles. The number of methoxy groups -OCH3 is 1. The number of ether oxygens (including phenoxy) is 3. The number of alkyl carbamates (subject to hydrolysis) is 1. The molecule has 0 bridgehead atoms. The number of nitrogens with zero attached hydrogens (tertiary/aromatic N) is 1. The number of benzene rings is 2. The molecule has 0 aliphatic carbocycles. The highest BCUT2D eigenvalue weighted by atomic mass is 16.6. The Kier molecular flexibility index (Phi) is 9.27. The molecular formula is C29H40N2O7. The van der Waals surface area contributed by atoms with Crippen LogP contribution in [0.2, 0.25) is 0 Å². The highest BCUT2D eigenvalue weighted by Gasteiger charge is 2.49. The molecule has 1 heterocycles. The monoisotopic (exact) mass is 528 g/mol. The van der Waals surface area contributed by atoms with Crippen LogP contribution in [0.1, 0.15) is 51.7 Å². The van der Waals surface area contributed by atoms with Gasteiger partial charge in [0.2, 0.25) is 5.91 Å². The van der Waals surface area contributed by atoms with E-state index in [0.717, 1.165) is 11.1 Å². The van der Waals surface area contributed by atoms with Crippen LogP contribution in [0.25, 0.3) is 0 Å². The standard InChI is InChI=1S/C29H40N2O7/c1-19(32)29(5)18-31(15-22(29)21-12-13-25(36-6)24(33)14-21)26(34)23(30-27(35)38-28(2,3)4)17-37-16-20-10-8-7-9-11-20/h7-14,19,22-23,32-33H,15-18H2,1-6H3,(H,30,35)/t19-,22+,23-,29?/m1/s1. The van der Waals surface area contributed by atoms with E-state index in [0.29, 0.717) is 5.75 Å². The molecule has 0 spiro atoms. The van der Waals surface area contributed by atoms with E-state index in [4.69, 9.17) is 14.2 Å². The van der Waals surface area contributed by atoms with Crippen LogP contribution in [0.5, 0.6) is 11.5 Å². The minimum Gasteiger partial charge on any atom is -0.504 e. The minimum absolute atomic E-state index is 0.0125. The van der Waals surface area contributed by atoms with Gasteiger partial charge in [-0.05, 0) is 51.0 Å². The van der Waals surface area contributed by atoms with Gasteiger partial charge in [-0.2, -0.15) is 0 Å². The Labute approximate surface area is 224 Å². The summed E-state index contributed by atoms with van der Waals surface area (Å²) < 4.78 is 16.4. The molecule has 2 aromatic carbocycles. The van der Waals surface area contributed by atoms with Gasteiger partial charge in [-0.25, -0.2) is 4.79 Å². The lowest BCUT2D eigenvalue weighted by Crippen LogP contribution is -2.52. The number of carbonyl (C=O) groups excluding carboxylic acids is 2. The highest BCUT2D eigenvalue weighted by molar-refractivity contribution is 5.86. The van der Waals surface area contributed by atoms with Crippen LogP contribution in [0, 0.1) is 5.41 Å². The van der Waals surface area contributed by atoms with Crippen molar-refractivity contribution in [3.63, 3.8) is 0 Å². The number of nitrogens with one attached hydrogen (secondary N) is 1. The van der Waals surface area contributed by atoms with E-state index >= 15 is 0 Å². The third-order valence-electron chi connectivity index (χ3n) is 6.99. The number of likely N-dealkylation sites (tertiary alicyclic amines) is 1. The van der Waals surface area contributed by atoms with Crippen molar-refractivity contribution in [3.8, 4) is 11.5 Å². The number of rotatable bonds is 9. The molecule has 4 atom stereocenters. The zero-order valence-electron chi connectivity index (χ0n) is 23.1. The first kappa shape index (κ1) is 29.3. The predicted molar refractivity (Wildman–Crippen MR) is 143 cm³/mol. The molecule has 9 nitrogen and oxygen atoms in total. The molecule has 1 fully saturated rings. The quantitative estimate of drug-likeness (QED) is 0.453. The molecule has 1 aliphatic rings. The second-order valence-corrected chi connectivity index (χ2v) is 11.1. The SMILES string of the molecule is COc1ccc([C@@H]2CN(C(=O)[C@@H](COCc3ccccc3)NC(=O)OC(C)(C)C)CC2(C)[C@@H](C)O)cc1O. The van der Waals surface area contributed by atoms with Gasteiger partial charge in [0.15, 0.2) is 11.5 Å². The molecular weight excluding hydrogens is 488 g/mol. The maximum Gasteiger partial charge on any atom is 0.408 e. The van der Waals surface area contributed by atoms with Crippen molar-refractivity contribution >= 4 is 12.0 Å². The normalized spacial score (nSPS) is 21.0. The van der Waals surface area contributed by atoms with Crippen LogP contribution in [-0.4, -0.2) is 71.7 Å². The number of aliphatic hydroxyl groups excluding tert-OH is 1. The smallest absolute Gasteiger partial charge is 0.408 e. The first-order chi connectivity index (χ1) is 17.8. The summed E-state index contributed by atoms with van der Waals surface area (Å²) in [6.07, 6.45) is -1.46. The van der Waals surface area contributed by atoms with Gasteiger partial charge in [0.05, 0.1) is 26.4 Å². The second kappa shape index (κ2) is 12.0. The fourth-order valence-corrected chi connectivity index (χ4v) is 4.73. The zero-order chi connectivity index (χ0) is 28.1. The third-order valence-corrected chi connectivity index (χ3v) is 6.99. The lowest BCUT2D eigenvalue weighted by Gasteiger charge is -2.34. The van der Waals surface area contributed by atoms with Gasteiger partial charge in [0.1, 0.15) is 11.6 Å². The van der Waals surface area contributed by atoms with E-state index in [-0.39, 0.29) is 43.9 Å². The Bertz CT molecular complexity index is 1100. The molecule has 208 valence electrons. The van der Waals surface area contributed by atoms with Gasteiger partial charge in [-0.15, -0.1) is 0 Å². The zero-order valence-corrected chi connectivity index (χ0v) is 23.1. The van der Waals surface area contributed by atoms with Gasteiger partial charge < -0.3 is 34.6 Å². The van der Waals surface area contributed by atoms with Crippen LogP contribution in [0.4, 0.5) is 4.79 Å². The van der Waals surface area contributed by atoms with Crippen LogP contribution >= 0.6 is 0 Å². The van der Waals surface area contributed by atoms with Crippen molar-refractivity contribution in [3.05, 3.63) is 59.7 Å². The average molecular weight is 529 g/mol. The van der Waals surface area contributed by atoms with E-state index < -0.39 is 29.3 Å². The summed E-state index contributed by atoms with van der Waals surface area (Å²) in [5.41, 5.74) is 0.290. The summed E-state index contributed by atoms with van der Waals surface area (Å²) in [4.78, 5) is 28.0. The Morgan fingerprint density at radius 1 is 1.18 bits per heavy atom. The molecule has 38 heavy (non-hydrogen) atoms. The van der Waals surface area contributed by atoms with Gasteiger partial charge in [-0.1, -0.05) is 43.3 Å². The van der Waals surface area contributed by atoms with Crippen LogP contribution < -0.4 is 10.1 Å². The summed E-state index contributed by atoms with van der Waals surface area (Å²) >= 11 is 0. The van der Waals surface area contributed by atoms with Gasteiger partial charge >= 0.3 is 6.09 Å². The van der Waals surface area contributed by atoms with Crippen molar-refractivity contribution in [2.75, 3.05) is 26.8 Å². The first-order valence-corrected chi connectivity index (χ1v) is 12.8. The molecule has 0 radical (unpaired) electrons. The van der Waals surface area contributed by atoms with E-state index in [1.165, 1.54) is 7.11 Å². The molecule has 9 heteroatoms. The van der Waals surface area contributed by atoms with E-state index in [2.05, 4.69) is 5.32 Å². The summed E-state index contributed by atoms with van der Waals surface area (Å²) in [5, 5.41) is 23.8. The van der Waals surface area contributed by atoms with Crippen molar-refractivity contribution in [2.24, 2.45) is 5.41 Å². The molecule has 3 N–H and O–H groups in total. The molecule has 0 aromatic heterocycles. The number of phenolic OH excluding ortho intramolecular Hbond substituents is 1. The highest BCUT2D eigenvalue weighted by Crippen LogP contribution is 2.46. The van der Waals surface area contributed by atoms with E-state index in [1.54, 1.807) is 44.7 Å². The second-order valence-electron chi connectivity index (χ2n) is 11.1. The largest absolute Gasteiger partial charge is 0.504 e. The molecule has 1 unspecified atom stereocenters. The lowest BCUT2D eigenvalue weighted by atomic mass is 9.72. The number of amides is 2. The van der Waals surface area contributed by atoms with Crippen molar-refractivity contribution in [2.45, 2.75) is 64.9 Å². The fourth-order valence-electron chi connectivity index (χ4n) is 4.73. The Morgan fingerprint density at radius 3 is 2.45 bits per heavy atom. The number of aliphatic hydroxyl groups is 1. The average Bonchev–Trinajstić information content (AvgIpc) is 3.21. The minimum atomic E-state index is -0.991. The topological polar surface area (TPSA) is 118 Å². The van der Waals surface area contributed by atoms with E-state index in [9.17, 15) is 19.8 Å². The number of carbonyl (C=O) groups is 2. The molecule has 2 amide bonds. The Hall–Kier alpha value is -3.30. The van der Waals surface area contributed by atoms with E-state index in [1.807, 2.05) is 43.3 Å². The molecule has 2 aromatic rings. The maximum atomic E-state index is 13.8. The number of phenols is 1. The van der Waals surface area contributed by atoms with Crippen molar-refractivity contribution in [1.82, 2.24) is 10.2 Å².